The van der Waals surface area contributed by atoms with E-state index >= 15 is 0 Å². The molecule has 2 aromatic carbocycles. The number of rotatable bonds is 8. The number of hydrogen-bond donors (Lipinski definition) is 3. The zero-order valence-electron chi connectivity index (χ0n) is 15.1. The van der Waals surface area contributed by atoms with E-state index in [0.717, 1.165) is 0 Å². The van der Waals surface area contributed by atoms with E-state index < -0.39 is 10.0 Å². The third-order valence-electron chi connectivity index (χ3n) is 3.58. The van der Waals surface area contributed by atoms with Crippen LogP contribution in [0.15, 0.2) is 53.4 Å². The fraction of sp³-hybridized carbons (Fsp3) is 0.278. The molecule has 1 atom stereocenters. The Kier molecular flexibility index (Phi) is 8.55. The predicted octanol–water partition coefficient (Wildman–Crippen LogP) is 2.38. The molecule has 0 bridgehead atoms. The first-order valence-corrected chi connectivity index (χ1v) is 9.70. The summed E-state index contributed by atoms with van der Waals surface area (Å²) >= 11 is 0. The topological polar surface area (TPSA) is 111 Å². The molecule has 0 aromatic heterocycles. The smallest absolute Gasteiger partial charge is 0.261 e. The molecule has 0 unspecified atom stereocenters. The van der Waals surface area contributed by atoms with Crippen molar-refractivity contribution in [2.24, 2.45) is 5.73 Å². The molecule has 0 aliphatic heterocycles. The molecule has 1 amide bonds. The Labute approximate surface area is 165 Å². The Balaban J connectivity index is 0.00000364. The maximum absolute atomic E-state index is 12.5. The minimum Gasteiger partial charge on any atom is -0.494 e. The normalized spacial score (nSPS) is 11.8. The number of carbonyl (C=O) groups is 1. The first kappa shape index (κ1) is 22.8. The van der Waals surface area contributed by atoms with Gasteiger partial charge in [-0.3, -0.25) is 9.52 Å². The van der Waals surface area contributed by atoms with Gasteiger partial charge in [0.15, 0.2) is 0 Å². The second-order valence-corrected chi connectivity index (χ2v) is 7.38. The monoisotopic (exact) mass is 413 g/mol. The van der Waals surface area contributed by atoms with E-state index in [0.29, 0.717) is 30.2 Å². The summed E-state index contributed by atoms with van der Waals surface area (Å²) in [7, 11) is -3.75. The van der Waals surface area contributed by atoms with E-state index in [-0.39, 0.29) is 29.3 Å². The van der Waals surface area contributed by atoms with Gasteiger partial charge < -0.3 is 15.8 Å². The van der Waals surface area contributed by atoms with Crippen molar-refractivity contribution in [3.63, 3.8) is 0 Å². The maximum atomic E-state index is 12.5. The summed E-state index contributed by atoms with van der Waals surface area (Å²) in [5, 5.41) is 2.72. The molecule has 0 aliphatic rings. The number of nitrogens with one attached hydrogen (secondary N) is 2. The molecule has 27 heavy (non-hydrogen) atoms. The van der Waals surface area contributed by atoms with Gasteiger partial charge in [-0.05, 0) is 62.4 Å². The summed E-state index contributed by atoms with van der Waals surface area (Å²) in [6, 6.07) is 12.2. The molecule has 148 valence electrons. The van der Waals surface area contributed by atoms with Crippen molar-refractivity contribution in [3.05, 3.63) is 54.1 Å². The van der Waals surface area contributed by atoms with Crippen LogP contribution >= 0.6 is 12.4 Å². The second kappa shape index (κ2) is 10.1. The van der Waals surface area contributed by atoms with E-state index in [1.165, 1.54) is 24.3 Å². The highest BCUT2D eigenvalue weighted by atomic mass is 35.5. The van der Waals surface area contributed by atoms with Crippen LogP contribution in [0.3, 0.4) is 0 Å². The molecular weight excluding hydrogens is 390 g/mol. The van der Waals surface area contributed by atoms with E-state index in [4.69, 9.17) is 10.5 Å². The maximum Gasteiger partial charge on any atom is 0.261 e. The summed E-state index contributed by atoms with van der Waals surface area (Å²) in [5.74, 6) is 0.365. The lowest BCUT2D eigenvalue weighted by molar-refractivity contribution is 0.0941. The van der Waals surface area contributed by atoms with Gasteiger partial charge >= 0.3 is 0 Å². The average molecular weight is 414 g/mol. The highest BCUT2D eigenvalue weighted by Gasteiger charge is 2.16. The quantitative estimate of drug-likeness (QED) is 0.615. The lowest BCUT2D eigenvalue weighted by atomic mass is 10.2. The molecule has 2 aromatic rings. The lowest BCUT2D eigenvalue weighted by Crippen LogP contribution is -2.37. The van der Waals surface area contributed by atoms with Crippen LogP contribution in [0, 0.1) is 0 Å². The van der Waals surface area contributed by atoms with Crippen LogP contribution in [0.5, 0.6) is 5.75 Å². The Hall–Kier alpha value is -2.29. The number of ether oxygens (including phenoxy) is 1. The molecule has 0 radical (unpaired) electrons. The van der Waals surface area contributed by atoms with Crippen LogP contribution in [0.25, 0.3) is 0 Å². The lowest BCUT2D eigenvalue weighted by Gasteiger charge is -2.12. The number of amides is 1. The van der Waals surface area contributed by atoms with Crippen molar-refractivity contribution in [3.8, 4) is 5.75 Å². The standard InChI is InChI=1S/C18H23N3O4S.ClH/c1-3-25-16-8-6-15(7-9-16)21-26(23,24)17-10-4-14(5-11-17)18(22)20-13(2)12-19;/h4-11,13,21H,3,12,19H2,1-2H3,(H,20,22);1H/t13-;/m0./s1. The molecular formula is C18H24ClN3O4S. The van der Waals surface area contributed by atoms with Crippen molar-refractivity contribution in [2.75, 3.05) is 17.9 Å². The zero-order chi connectivity index (χ0) is 19.2. The van der Waals surface area contributed by atoms with Gasteiger partial charge in [-0.1, -0.05) is 0 Å². The molecule has 0 saturated heterocycles. The van der Waals surface area contributed by atoms with Gasteiger partial charge in [-0.15, -0.1) is 12.4 Å². The fourth-order valence-corrected chi connectivity index (χ4v) is 3.21. The SMILES string of the molecule is CCOc1ccc(NS(=O)(=O)c2ccc(C(=O)N[C@@H](C)CN)cc2)cc1.Cl. The second-order valence-electron chi connectivity index (χ2n) is 5.70. The first-order chi connectivity index (χ1) is 12.4. The molecule has 7 nitrogen and oxygen atoms in total. The minimum absolute atomic E-state index is 0. The minimum atomic E-state index is -3.75. The van der Waals surface area contributed by atoms with Crippen molar-refractivity contribution in [1.29, 1.82) is 0 Å². The molecule has 0 heterocycles. The summed E-state index contributed by atoms with van der Waals surface area (Å²) in [6.45, 7) is 4.52. The van der Waals surface area contributed by atoms with Gasteiger partial charge in [0.25, 0.3) is 15.9 Å². The Morgan fingerprint density at radius 2 is 1.70 bits per heavy atom. The summed E-state index contributed by atoms with van der Waals surface area (Å²) in [5.41, 5.74) is 6.26. The number of benzene rings is 2. The van der Waals surface area contributed by atoms with Crippen molar-refractivity contribution < 1.29 is 17.9 Å². The number of carbonyl (C=O) groups excluding carboxylic acids is 1. The van der Waals surface area contributed by atoms with Crippen molar-refractivity contribution >= 4 is 34.0 Å². The Bertz CT molecular complexity index is 840. The Morgan fingerprint density at radius 1 is 1.11 bits per heavy atom. The summed E-state index contributed by atoms with van der Waals surface area (Å²) < 4.78 is 32.7. The van der Waals surface area contributed by atoms with Crippen LogP contribution in [0.4, 0.5) is 5.69 Å². The van der Waals surface area contributed by atoms with Crippen molar-refractivity contribution in [2.45, 2.75) is 24.8 Å². The molecule has 0 spiro atoms. The Morgan fingerprint density at radius 3 is 2.22 bits per heavy atom. The fourth-order valence-electron chi connectivity index (χ4n) is 2.15. The van der Waals surface area contributed by atoms with Crippen LogP contribution in [0.1, 0.15) is 24.2 Å². The third-order valence-corrected chi connectivity index (χ3v) is 4.97. The van der Waals surface area contributed by atoms with E-state index in [1.54, 1.807) is 31.2 Å². The molecule has 0 fully saturated rings. The van der Waals surface area contributed by atoms with Gasteiger partial charge in [0, 0.05) is 23.8 Å². The molecule has 0 aliphatic carbocycles. The van der Waals surface area contributed by atoms with Crippen LogP contribution in [-0.4, -0.2) is 33.5 Å². The number of sulfonamides is 1. The van der Waals surface area contributed by atoms with Gasteiger partial charge in [-0.25, -0.2) is 8.42 Å². The predicted molar refractivity (Wildman–Crippen MR) is 108 cm³/mol. The average Bonchev–Trinajstić information content (AvgIpc) is 2.63. The van der Waals surface area contributed by atoms with Crippen LogP contribution in [0.2, 0.25) is 0 Å². The van der Waals surface area contributed by atoms with E-state index in [1.807, 2.05) is 6.92 Å². The van der Waals surface area contributed by atoms with E-state index in [2.05, 4.69) is 10.0 Å². The molecule has 2 rings (SSSR count). The van der Waals surface area contributed by atoms with Crippen LogP contribution in [-0.2, 0) is 10.0 Å². The van der Waals surface area contributed by atoms with E-state index in [9.17, 15) is 13.2 Å². The summed E-state index contributed by atoms with van der Waals surface area (Å²) in [4.78, 5) is 12.1. The third kappa shape index (κ3) is 6.42. The molecule has 9 heteroatoms. The zero-order valence-corrected chi connectivity index (χ0v) is 16.8. The molecule has 4 N–H and O–H groups in total. The highest BCUT2D eigenvalue weighted by Crippen LogP contribution is 2.20. The number of halogens is 1. The first-order valence-electron chi connectivity index (χ1n) is 8.22. The highest BCUT2D eigenvalue weighted by molar-refractivity contribution is 7.92. The number of hydrogen-bond acceptors (Lipinski definition) is 5. The number of anilines is 1. The van der Waals surface area contributed by atoms with Crippen LogP contribution < -0.4 is 20.5 Å². The van der Waals surface area contributed by atoms with Gasteiger partial charge in [0.05, 0.1) is 11.5 Å². The largest absolute Gasteiger partial charge is 0.494 e. The van der Waals surface area contributed by atoms with Gasteiger partial charge in [0.2, 0.25) is 0 Å². The molecule has 0 saturated carbocycles. The van der Waals surface area contributed by atoms with Gasteiger partial charge in [0.1, 0.15) is 5.75 Å². The number of nitrogens with two attached hydrogens (primary N) is 1. The van der Waals surface area contributed by atoms with Gasteiger partial charge in [-0.2, -0.15) is 0 Å². The summed E-state index contributed by atoms with van der Waals surface area (Å²) in [6.07, 6.45) is 0. The van der Waals surface area contributed by atoms with Crippen molar-refractivity contribution in [1.82, 2.24) is 5.32 Å².